The fourth-order valence-corrected chi connectivity index (χ4v) is 2.85. The molecule has 2 rings (SSSR count). The Morgan fingerprint density at radius 2 is 2.31 bits per heavy atom. The first-order valence-corrected chi connectivity index (χ1v) is 6.22. The van der Waals surface area contributed by atoms with Gasteiger partial charge in [-0.2, -0.15) is 0 Å². The standard InChI is InChI=1S/C12H23NO3/c1-12(15-9-11(8-14)16-12)6-10-4-3-5-13(2)7-10/h10-11,14H,3-9H2,1-2H3. The zero-order valence-corrected chi connectivity index (χ0v) is 10.3. The van der Waals surface area contributed by atoms with Crippen molar-refractivity contribution in [2.75, 3.05) is 33.4 Å². The maximum absolute atomic E-state index is 9.03. The number of hydrogen-bond acceptors (Lipinski definition) is 4. The van der Waals surface area contributed by atoms with Crippen LogP contribution in [0.2, 0.25) is 0 Å². The predicted octanol–water partition coefficient (Wildman–Crippen LogP) is 0.842. The Morgan fingerprint density at radius 1 is 1.50 bits per heavy atom. The molecule has 0 bridgehead atoms. The van der Waals surface area contributed by atoms with Gasteiger partial charge in [0.05, 0.1) is 13.2 Å². The van der Waals surface area contributed by atoms with E-state index in [1.54, 1.807) is 0 Å². The molecule has 3 unspecified atom stereocenters. The first kappa shape index (κ1) is 12.3. The van der Waals surface area contributed by atoms with E-state index in [1.165, 1.54) is 19.4 Å². The smallest absolute Gasteiger partial charge is 0.166 e. The molecule has 0 amide bonds. The normalized spacial score (nSPS) is 41.4. The van der Waals surface area contributed by atoms with Crippen LogP contribution in [0.4, 0.5) is 0 Å². The third-order valence-corrected chi connectivity index (χ3v) is 3.58. The topological polar surface area (TPSA) is 41.9 Å². The first-order chi connectivity index (χ1) is 7.61. The average Bonchev–Trinajstić information content (AvgIpc) is 2.60. The molecular weight excluding hydrogens is 206 g/mol. The van der Waals surface area contributed by atoms with E-state index in [9.17, 15) is 0 Å². The Bertz CT molecular complexity index is 236. The summed E-state index contributed by atoms with van der Waals surface area (Å²) >= 11 is 0. The number of ether oxygens (including phenoxy) is 2. The number of piperidine rings is 1. The van der Waals surface area contributed by atoms with Gasteiger partial charge in [-0.25, -0.2) is 0 Å². The zero-order valence-electron chi connectivity index (χ0n) is 10.3. The van der Waals surface area contributed by atoms with E-state index < -0.39 is 5.79 Å². The molecule has 0 saturated carbocycles. The van der Waals surface area contributed by atoms with Crippen LogP contribution in [0.25, 0.3) is 0 Å². The lowest BCUT2D eigenvalue weighted by Crippen LogP contribution is -2.38. The van der Waals surface area contributed by atoms with Crippen molar-refractivity contribution in [3.05, 3.63) is 0 Å². The van der Waals surface area contributed by atoms with Gasteiger partial charge in [-0.15, -0.1) is 0 Å². The van der Waals surface area contributed by atoms with E-state index in [2.05, 4.69) is 11.9 Å². The number of aliphatic hydroxyl groups excluding tert-OH is 1. The fourth-order valence-electron chi connectivity index (χ4n) is 2.85. The van der Waals surface area contributed by atoms with Gasteiger partial charge >= 0.3 is 0 Å². The number of hydrogen-bond donors (Lipinski definition) is 1. The molecule has 2 fully saturated rings. The van der Waals surface area contributed by atoms with Crippen LogP contribution < -0.4 is 0 Å². The van der Waals surface area contributed by atoms with Crippen molar-refractivity contribution in [1.82, 2.24) is 4.90 Å². The molecule has 2 heterocycles. The van der Waals surface area contributed by atoms with Crippen LogP contribution in [-0.4, -0.2) is 55.2 Å². The van der Waals surface area contributed by atoms with Crippen molar-refractivity contribution in [3.8, 4) is 0 Å². The van der Waals surface area contributed by atoms with Crippen LogP contribution in [0.1, 0.15) is 26.2 Å². The van der Waals surface area contributed by atoms with Gasteiger partial charge < -0.3 is 19.5 Å². The molecule has 1 N–H and O–H groups in total. The Labute approximate surface area is 97.5 Å². The third kappa shape index (κ3) is 2.94. The molecule has 16 heavy (non-hydrogen) atoms. The maximum Gasteiger partial charge on any atom is 0.166 e. The molecule has 4 nitrogen and oxygen atoms in total. The molecular formula is C12H23NO3. The van der Waals surface area contributed by atoms with Gasteiger partial charge in [0.15, 0.2) is 5.79 Å². The molecule has 0 aliphatic carbocycles. The predicted molar refractivity (Wildman–Crippen MR) is 61.2 cm³/mol. The second-order valence-corrected chi connectivity index (χ2v) is 5.34. The first-order valence-electron chi connectivity index (χ1n) is 6.22. The number of rotatable bonds is 3. The lowest BCUT2D eigenvalue weighted by molar-refractivity contribution is -0.171. The highest BCUT2D eigenvalue weighted by Gasteiger charge is 2.39. The third-order valence-electron chi connectivity index (χ3n) is 3.58. The summed E-state index contributed by atoms with van der Waals surface area (Å²) in [4.78, 5) is 2.37. The summed E-state index contributed by atoms with van der Waals surface area (Å²) in [6.07, 6.45) is 3.33. The quantitative estimate of drug-likeness (QED) is 0.779. The van der Waals surface area contributed by atoms with Crippen molar-refractivity contribution in [1.29, 1.82) is 0 Å². The van der Waals surface area contributed by atoms with Gasteiger partial charge in [-0.3, -0.25) is 0 Å². The molecule has 0 spiro atoms. The molecule has 0 aromatic heterocycles. The minimum absolute atomic E-state index is 0.0557. The number of likely N-dealkylation sites (tertiary alicyclic amines) is 1. The van der Waals surface area contributed by atoms with Crippen LogP contribution in [0.15, 0.2) is 0 Å². The minimum Gasteiger partial charge on any atom is -0.394 e. The van der Waals surface area contributed by atoms with E-state index in [0.29, 0.717) is 12.5 Å². The second-order valence-electron chi connectivity index (χ2n) is 5.34. The molecule has 3 atom stereocenters. The van der Waals surface area contributed by atoms with E-state index in [-0.39, 0.29) is 12.7 Å². The molecule has 2 saturated heterocycles. The van der Waals surface area contributed by atoms with Gasteiger partial charge in [0.25, 0.3) is 0 Å². The molecule has 0 aromatic rings. The zero-order chi connectivity index (χ0) is 11.6. The van der Waals surface area contributed by atoms with Gasteiger partial charge in [0.1, 0.15) is 6.10 Å². The van der Waals surface area contributed by atoms with E-state index in [1.807, 2.05) is 6.92 Å². The summed E-state index contributed by atoms with van der Waals surface area (Å²) in [7, 11) is 2.17. The molecule has 0 radical (unpaired) electrons. The van der Waals surface area contributed by atoms with E-state index >= 15 is 0 Å². The Hall–Kier alpha value is -0.160. The summed E-state index contributed by atoms with van der Waals surface area (Å²) in [5.41, 5.74) is 0. The van der Waals surface area contributed by atoms with Gasteiger partial charge in [-0.05, 0) is 39.3 Å². The van der Waals surface area contributed by atoms with Crippen LogP contribution in [0, 0.1) is 5.92 Å². The lowest BCUT2D eigenvalue weighted by atomic mass is 9.91. The van der Waals surface area contributed by atoms with E-state index in [0.717, 1.165) is 13.0 Å². The Kier molecular flexibility index (Phi) is 3.85. The summed E-state index contributed by atoms with van der Waals surface area (Å²) in [5, 5.41) is 9.03. The largest absolute Gasteiger partial charge is 0.394 e. The average molecular weight is 229 g/mol. The van der Waals surface area contributed by atoms with Crippen LogP contribution >= 0.6 is 0 Å². The summed E-state index contributed by atoms with van der Waals surface area (Å²) < 4.78 is 11.4. The van der Waals surface area contributed by atoms with Gasteiger partial charge in [0.2, 0.25) is 0 Å². The van der Waals surface area contributed by atoms with Crippen molar-refractivity contribution >= 4 is 0 Å². The van der Waals surface area contributed by atoms with Crippen molar-refractivity contribution in [2.45, 2.75) is 38.1 Å². The lowest BCUT2D eigenvalue weighted by Gasteiger charge is -2.34. The van der Waals surface area contributed by atoms with Crippen molar-refractivity contribution in [3.63, 3.8) is 0 Å². The fraction of sp³-hybridized carbons (Fsp3) is 1.00. The highest BCUT2D eigenvalue weighted by molar-refractivity contribution is 4.81. The minimum atomic E-state index is -0.476. The maximum atomic E-state index is 9.03. The molecule has 0 aromatic carbocycles. The molecule has 2 aliphatic heterocycles. The number of nitrogens with zero attached hydrogens (tertiary/aromatic N) is 1. The Balaban J connectivity index is 1.84. The van der Waals surface area contributed by atoms with Crippen molar-refractivity contribution in [2.24, 2.45) is 5.92 Å². The second kappa shape index (κ2) is 5.00. The van der Waals surface area contributed by atoms with Gasteiger partial charge in [0, 0.05) is 13.0 Å². The highest BCUT2D eigenvalue weighted by Crippen LogP contribution is 2.32. The molecule has 2 aliphatic rings. The summed E-state index contributed by atoms with van der Waals surface area (Å²) in [5.74, 6) is 0.178. The molecule has 94 valence electrons. The van der Waals surface area contributed by atoms with Crippen LogP contribution in [0.5, 0.6) is 0 Å². The van der Waals surface area contributed by atoms with E-state index in [4.69, 9.17) is 14.6 Å². The van der Waals surface area contributed by atoms with Crippen molar-refractivity contribution < 1.29 is 14.6 Å². The summed E-state index contributed by atoms with van der Waals surface area (Å²) in [6.45, 7) is 4.91. The van der Waals surface area contributed by atoms with Crippen LogP contribution in [0.3, 0.4) is 0 Å². The SMILES string of the molecule is CN1CCCC(CC2(C)OCC(CO)O2)C1. The highest BCUT2D eigenvalue weighted by atomic mass is 16.7. The van der Waals surface area contributed by atoms with Crippen LogP contribution in [-0.2, 0) is 9.47 Å². The monoisotopic (exact) mass is 229 g/mol. The Morgan fingerprint density at radius 3 is 2.94 bits per heavy atom. The number of aliphatic hydroxyl groups is 1. The van der Waals surface area contributed by atoms with Gasteiger partial charge in [-0.1, -0.05) is 0 Å². The molecule has 4 heteroatoms. The summed E-state index contributed by atoms with van der Waals surface area (Å²) in [6, 6.07) is 0.